The minimum absolute atomic E-state index is 0.630. The molecule has 0 amide bonds. The fourth-order valence-corrected chi connectivity index (χ4v) is 3.23. The van der Waals surface area contributed by atoms with Gasteiger partial charge in [0, 0.05) is 0 Å². The minimum Gasteiger partial charge on any atom is -0.198 e. The number of nitrogens with zero attached hydrogens (tertiary/aromatic N) is 1. The standard InChI is InChI=1S/C14H15N/c15-8-7-14-12-5-1-3-10(12)9-11-4-2-6-13(11)14/h9H,1-7H2. The first-order valence-corrected chi connectivity index (χ1v) is 5.92. The Morgan fingerprint density at radius 1 is 1.00 bits per heavy atom. The molecule has 2 aliphatic rings. The highest BCUT2D eigenvalue weighted by atomic mass is 14.3. The molecule has 0 radical (unpaired) electrons. The van der Waals surface area contributed by atoms with Crippen LogP contribution in [-0.4, -0.2) is 0 Å². The Bertz CT molecular complexity index is 419. The van der Waals surface area contributed by atoms with Gasteiger partial charge < -0.3 is 0 Å². The molecule has 0 bridgehead atoms. The maximum absolute atomic E-state index is 8.93. The largest absolute Gasteiger partial charge is 0.198 e. The molecular formula is C14H15N. The molecular weight excluding hydrogens is 182 g/mol. The van der Waals surface area contributed by atoms with Crippen LogP contribution in [0.3, 0.4) is 0 Å². The van der Waals surface area contributed by atoms with E-state index < -0.39 is 0 Å². The second-order valence-corrected chi connectivity index (χ2v) is 4.67. The van der Waals surface area contributed by atoms with Gasteiger partial charge in [0.25, 0.3) is 0 Å². The summed E-state index contributed by atoms with van der Waals surface area (Å²) < 4.78 is 0. The predicted molar refractivity (Wildman–Crippen MR) is 59.8 cm³/mol. The first-order chi connectivity index (χ1) is 7.40. The molecule has 2 aliphatic carbocycles. The molecule has 3 rings (SSSR count). The fourth-order valence-electron chi connectivity index (χ4n) is 3.23. The minimum atomic E-state index is 0.630. The molecule has 15 heavy (non-hydrogen) atoms. The topological polar surface area (TPSA) is 23.8 Å². The molecule has 0 N–H and O–H groups in total. The van der Waals surface area contributed by atoms with E-state index in [9.17, 15) is 0 Å². The fraction of sp³-hybridized carbons (Fsp3) is 0.500. The average molecular weight is 197 g/mol. The summed E-state index contributed by atoms with van der Waals surface area (Å²) in [5.74, 6) is 0. The van der Waals surface area contributed by atoms with Gasteiger partial charge in [-0.25, -0.2) is 0 Å². The van der Waals surface area contributed by atoms with E-state index in [-0.39, 0.29) is 0 Å². The van der Waals surface area contributed by atoms with E-state index in [0.29, 0.717) is 6.42 Å². The molecule has 0 aromatic heterocycles. The second-order valence-electron chi connectivity index (χ2n) is 4.67. The number of hydrogen-bond acceptors (Lipinski definition) is 1. The van der Waals surface area contributed by atoms with Crippen LogP contribution in [0.5, 0.6) is 0 Å². The van der Waals surface area contributed by atoms with Gasteiger partial charge in [-0.2, -0.15) is 5.26 Å². The van der Waals surface area contributed by atoms with Crippen LogP contribution in [0, 0.1) is 11.3 Å². The van der Waals surface area contributed by atoms with Gasteiger partial charge in [-0.1, -0.05) is 6.07 Å². The third-order valence-corrected chi connectivity index (χ3v) is 3.85. The molecule has 0 atom stereocenters. The number of hydrogen-bond donors (Lipinski definition) is 0. The normalized spacial score (nSPS) is 17.3. The third kappa shape index (κ3) is 1.28. The van der Waals surface area contributed by atoms with E-state index in [1.807, 2.05) is 0 Å². The zero-order chi connectivity index (χ0) is 10.3. The highest BCUT2D eigenvalue weighted by Gasteiger charge is 2.23. The second kappa shape index (κ2) is 3.38. The van der Waals surface area contributed by atoms with Crippen molar-refractivity contribution in [3.8, 4) is 6.07 Å². The van der Waals surface area contributed by atoms with Gasteiger partial charge >= 0.3 is 0 Å². The summed E-state index contributed by atoms with van der Waals surface area (Å²) in [5.41, 5.74) is 7.54. The highest BCUT2D eigenvalue weighted by Crippen LogP contribution is 2.35. The molecule has 1 aromatic rings. The summed E-state index contributed by atoms with van der Waals surface area (Å²) in [7, 11) is 0. The molecule has 0 saturated heterocycles. The molecule has 0 heterocycles. The zero-order valence-corrected chi connectivity index (χ0v) is 8.97. The van der Waals surface area contributed by atoms with Crippen molar-refractivity contribution in [3.63, 3.8) is 0 Å². The molecule has 0 unspecified atom stereocenters. The van der Waals surface area contributed by atoms with Crippen LogP contribution in [0.1, 0.15) is 40.7 Å². The van der Waals surface area contributed by atoms with Gasteiger partial charge in [0.15, 0.2) is 0 Å². The van der Waals surface area contributed by atoms with Crippen molar-refractivity contribution in [3.05, 3.63) is 33.9 Å². The lowest BCUT2D eigenvalue weighted by molar-refractivity contribution is 0.890. The van der Waals surface area contributed by atoms with Crippen LogP contribution in [0.15, 0.2) is 6.07 Å². The average Bonchev–Trinajstić information content (AvgIpc) is 2.84. The number of rotatable bonds is 1. The Morgan fingerprint density at radius 2 is 1.60 bits per heavy atom. The lowest BCUT2D eigenvalue weighted by Gasteiger charge is -2.12. The molecule has 0 saturated carbocycles. The van der Waals surface area contributed by atoms with Gasteiger partial charge in [0.05, 0.1) is 12.5 Å². The van der Waals surface area contributed by atoms with Crippen molar-refractivity contribution in [1.29, 1.82) is 5.26 Å². The highest BCUT2D eigenvalue weighted by molar-refractivity contribution is 5.51. The number of fused-ring (bicyclic) bond motifs is 2. The Morgan fingerprint density at radius 3 is 2.13 bits per heavy atom. The van der Waals surface area contributed by atoms with E-state index >= 15 is 0 Å². The summed E-state index contributed by atoms with van der Waals surface area (Å²) in [5, 5.41) is 8.93. The SMILES string of the molecule is N#CCc1c2c(cc3c1CCC3)CCC2. The van der Waals surface area contributed by atoms with E-state index in [4.69, 9.17) is 5.26 Å². The first kappa shape index (κ1) is 8.97. The molecule has 76 valence electrons. The van der Waals surface area contributed by atoms with E-state index in [2.05, 4.69) is 12.1 Å². The van der Waals surface area contributed by atoms with Crippen molar-refractivity contribution in [2.45, 2.75) is 44.9 Å². The van der Waals surface area contributed by atoms with Gasteiger partial charge in [0.2, 0.25) is 0 Å². The molecule has 0 fully saturated rings. The van der Waals surface area contributed by atoms with E-state index in [1.54, 1.807) is 11.1 Å². The van der Waals surface area contributed by atoms with Gasteiger partial charge in [0.1, 0.15) is 0 Å². The predicted octanol–water partition coefficient (Wildman–Crippen LogP) is 2.73. The molecule has 1 nitrogen and oxygen atoms in total. The third-order valence-electron chi connectivity index (χ3n) is 3.85. The van der Waals surface area contributed by atoms with Crippen LogP contribution in [0.2, 0.25) is 0 Å². The van der Waals surface area contributed by atoms with Gasteiger partial charge in [-0.15, -0.1) is 0 Å². The van der Waals surface area contributed by atoms with Crippen molar-refractivity contribution < 1.29 is 0 Å². The van der Waals surface area contributed by atoms with Crippen molar-refractivity contribution >= 4 is 0 Å². The van der Waals surface area contributed by atoms with Crippen molar-refractivity contribution in [2.24, 2.45) is 0 Å². The van der Waals surface area contributed by atoms with Crippen molar-refractivity contribution in [1.82, 2.24) is 0 Å². The number of benzene rings is 1. The monoisotopic (exact) mass is 197 g/mol. The smallest absolute Gasteiger partial charge is 0.0669 e. The summed E-state index contributed by atoms with van der Waals surface area (Å²) in [6.45, 7) is 0. The Labute approximate surface area is 90.7 Å². The summed E-state index contributed by atoms with van der Waals surface area (Å²) in [4.78, 5) is 0. The molecule has 0 aliphatic heterocycles. The zero-order valence-electron chi connectivity index (χ0n) is 8.97. The quantitative estimate of drug-likeness (QED) is 0.679. The van der Waals surface area contributed by atoms with Crippen LogP contribution < -0.4 is 0 Å². The number of nitriles is 1. The summed E-state index contributed by atoms with van der Waals surface area (Å²) in [6, 6.07) is 4.77. The Hall–Kier alpha value is -1.29. The van der Waals surface area contributed by atoms with Gasteiger partial charge in [-0.3, -0.25) is 0 Å². The van der Waals surface area contributed by atoms with Crippen molar-refractivity contribution in [2.75, 3.05) is 0 Å². The molecule has 1 aromatic carbocycles. The molecule has 1 heteroatoms. The van der Waals surface area contributed by atoms with Crippen LogP contribution in [0.4, 0.5) is 0 Å². The lowest BCUT2D eigenvalue weighted by atomic mass is 9.92. The maximum Gasteiger partial charge on any atom is 0.0669 e. The molecule has 0 spiro atoms. The van der Waals surface area contributed by atoms with E-state index in [0.717, 1.165) is 0 Å². The van der Waals surface area contributed by atoms with Crippen LogP contribution >= 0.6 is 0 Å². The summed E-state index contributed by atoms with van der Waals surface area (Å²) in [6.07, 6.45) is 8.10. The van der Waals surface area contributed by atoms with Crippen LogP contribution in [-0.2, 0) is 32.1 Å². The first-order valence-electron chi connectivity index (χ1n) is 5.92. The maximum atomic E-state index is 8.93. The summed E-state index contributed by atoms with van der Waals surface area (Å²) >= 11 is 0. The Balaban J connectivity index is 2.21. The Kier molecular flexibility index (Phi) is 2.02. The van der Waals surface area contributed by atoms with Crippen LogP contribution in [0.25, 0.3) is 0 Å². The van der Waals surface area contributed by atoms with Gasteiger partial charge in [-0.05, 0) is 66.3 Å². The number of aryl methyl sites for hydroxylation is 2. The van der Waals surface area contributed by atoms with E-state index in [1.165, 1.54) is 55.2 Å². The lowest BCUT2D eigenvalue weighted by Crippen LogP contribution is -2.00.